The Morgan fingerprint density at radius 1 is 0.423 bits per heavy atom. The van der Waals surface area contributed by atoms with Gasteiger partial charge in [-0.15, -0.1) is 0 Å². The number of nitrogens with zero attached hydrogens (tertiary/aromatic N) is 2. The third kappa shape index (κ3) is 24.2. The molecule has 2 heterocycles. The summed E-state index contributed by atoms with van der Waals surface area (Å²) in [6, 6.07) is 28.0. The van der Waals surface area contributed by atoms with Crippen molar-refractivity contribution in [3.63, 3.8) is 0 Å². The molecule has 25 heteroatoms. The normalized spacial score (nSPS) is 16.8. The molecule has 2 saturated heterocycles. The Labute approximate surface area is 570 Å². The standard InChI is InChI=1S/C72H104N14O11/c1-47(2)41-57(82-65(91)59(45-51-25-13-7-14-26-51)80-61(87)53(75)43-49-21-9-5-10-22-49)63(89)78-55(29-17-19-35-73)67(93)85-37-31-71(77,32-38-85)69(95)84-72(70(96)97)33-39-86(40-34-72)68(94)56(30-18-20-36-74)79-64(90)58(42-48(3)4)83-66(92)60(46-52-27-15-8-16-28-52)81-62(88)54(76)44-50-23-11-6-12-24-50/h5-16,21-28,47-48,53-60H,17-20,29-46,73-77H2,1-4H3,(H,78,89)(H,79,90)(H,80,87)(H,81,88)(H,82,91)(H,83,92)(H,84,95)(H,96,97)/t53-,54-,55-,56-,57-,58-,59-,60-/m1/s1. The molecule has 8 atom stereocenters. The minimum Gasteiger partial charge on any atom is -0.480 e. The summed E-state index contributed by atoms with van der Waals surface area (Å²) in [6.07, 6.45) is 2.78. The molecule has 528 valence electrons. The number of aliphatic carboxylic acids is 1. The van der Waals surface area contributed by atoms with Crippen LogP contribution >= 0.6 is 0 Å². The Morgan fingerprint density at radius 2 is 0.722 bits per heavy atom. The third-order valence-electron chi connectivity index (χ3n) is 18.0. The van der Waals surface area contributed by atoms with Crippen molar-refractivity contribution in [3.05, 3.63) is 144 Å². The maximum absolute atomic E-state index is 14.6. The predicted octanol–water partition coefficient (Wildman–Crippen LogP) is 1.75. The van der Waals surface area contributed by atoms with Crippen LogP contribution < -0.4 is 65.9 Å². The summed E-state index contributed by atoms with van der Waals surface area (Å²) in [6.45, 7) is 7.87. The van der Waals surface area contributed by atoms with Crippen LogP contribution in [0.3, 0.4) is 0 Å². The highest BCUT2D eigenvalue weighted by Crippen LogP contribution is 2.28. The lowest BCUT2D eigenvalue weighted by Gasteiger charge is -2.44. The second-order valence-corrected chi connectivity index (χ2v) is 26.8. The summed E-state index contributed by atoms with van der Waals surface area (Å²) in [7, 11) is 0. The first-order valence-corrected chi connectivity index (χ1v) is 34.2. The van der Waals surface area contributed by atoms with Crippen LogP contribution in [0.5, 0.6) is 0 Å². The topological polar surface area (TPSA) is 412 Å². The van der Waals surface area contributed by atoms with Gasteiger partial charge in [-0.2, -0.15) is 0 Å². The molecule has 0 spiro atoms. The molecule has 0 unspecified atom stereocenters. The summed E-state index contributed by atoms with van der Waals surface area (Å²) in [4.78, 5) is 144. The molecule has 0 saturated carbocycles. The maximum atomic E-state index is 14.6. The van der Waals surface area contributed by atoms with Gasteiger partial charge in [-0.3, -0.25) is 43.2 Å². The van der Waals surface area contributed by atoms with Crippen LogP contribution in [0.15, 0.2) is 121 Å². The van der Waals surface area contributed by atoms with Crippen molar-refractivity contribution in [2.75, 3.05) is 39.3 Å². The minimum absolute atomic E-state index is 0.0263. The van der Waals surface area contributed by atoms with Gasteiger partial charge in [-0.05, 0) is 137 Å². The number of carbonyl (C=O) groups excluding carboxylic acids is 9. The van der Waals surface area contributed by atoms with Gasteiger partial charge in [0.2, 0.25) is 53.2 Å². The SMILES string of the molecule is CC(C)C[C@@H](NC(=O)[C@@H](Cc1ccccc1)NC(=O)[C@H](N)Cc1ccccc1)C(=O)N[C@H](CCCCN)C(=O)N1CCC(N)(C(=O)NC2(C(=O)O)CCN(C(=O)[C@@H](CCCCN)NC(=O)[C@@H](CC(C)C)NC(=O)[C@@H](Cc3ccccc3)NC(=O)[C@H](N)Cc3ccccc3)CC2)CC1. The number of piperidine rings is 2. The van der Waals surface area contributed by atoms with E-state index in [0.717, 1.165) is 22.3 Å². The molecule has 0 aromatic heterocycles. The molecule has 18 N–H and O–H groups in total. The molecule has 6 rings (SSSR count). The number of carboxylic acids is 1. The Bertz CT molecular complexity index is 3200. The molecular formula is C72H104N14O11. The first-order chi connectivity index (χ1) is 46.3. The van der Waals surface area contributed by atoms with E-state index < -0.39 is 119 Å². The number of unbranched alkanes of at least 4 members (excludes halogenated alkanes) is 2. The van der Waals surface area contributed by atoms with Crippen molar-refractivity contribution in [1.82, 2.24) is 47.0 Å². The lowest BCUT2D eigenvalue weighted by molar-refractivity contribution is -0.153. The number of hydrogen-bond donors (Lipinski definition) is 13. The van der Waals surface area contributed by atoms with E-state index in [9.17, 15) is 53.1 Å². The fourth-order valence-corrected chi connectivity index (χ4v) is 12.2. The number of carboxylic acid groups (broad SMARTS) is 1. The van der Waals surface area contributed by atoms with E-state index in [2.05, 4.69) is 37.2 Å². The number of benzene rings is 4. The Balaban J connectivity index is 1.08. The number of amides is 9. The van der Waals surface area contributed by atoms with Gasteiger partial charge in [-0.1, -0.05) is 149 Å². The Morgan fingerprint density at radius 3 is 1.04 bits per heavy atom. The van der Waals surface area contributed by atoms with Crippen LogP contribution in [0.25, 0.3) is 0 Å². The Kier molecular flexibility index (Phi) is 30.6. The molecule has 2 aliphatic rings. The van der Waals surface area contributed by atoms with Crippen molar-refractivity contribution < 1.29 is 53.1 Å². The molecule has 0 radical (unpaired) electrons. The van der Waals surface area contributed by atoms with E-state index in [-0.39, 0.29) is 115 Å². The largest absolute Gasteiger partial charge is 0.480 e. The van der Waals surface area contributed by atoms with Crippen LogP contribution in [0.4, 0.5) is 0 Å². The van der Waals surface area contributed by atoms with Gasteiger partial charge in [0.1, 0.15) is 41.8 Å². The number of likely N-dealkylation sites (tertiary alicyclic amines) is 2. The van der Waals surface area contributed by atoms with Crippen molar-refractivity contribution in [3.8, 4) is 0 Å². The molecule has 97 heavy (non-hydrogen) atoms. The lowest BCUT2D eigenvalue weighted by Crippen LogP contribution is -2.68. The number of carbonyl (C=O) groups is 10. The zero-order valence-corrected chi connectivity index (χ0v) is 56.7. The van der Waals surface area contributed by atoms with E-state index in [1.165, 1.54) is 9.80 Å². The van der Waals surface area contributed by atoms with Crippen molar-refractivity contribution >= 4 is 59.1 Å². The fourth-order valence-electron chi connectivity index (χ4n) is 12.2. The highest BCUT2D eigenvalue weighted by molar-refractivity contribution is 5.97. The highest BCUT2D eigenvalue weighted by Gasteiger charge is 2.49. The predicted molar refractivity (Wildman–Crippen MR) is 370 cm³/mol. The molecular weight excluding hydrogens is 1240 g/mol. The van der Waals surface area contributed by atoms with Crippen molar-refractivity contribution in [1.29, 1.82) is 0 Å². The molecule has 4 aromatic carbocycles. The van der Waals surface area contributed by atoms with Crippen molar-refractivity contribution in [2.24, 2.45) is 40.5 Å². The molecule has 0 bridgehead atoms. The van der Waals surface area contributed by atoms with Gasteiger partial charge in [0, 0.05) is 39.0 Å². The summed E-state index contributed by atoms with van der Waals surface area (Å²) >= 11 is 0. The zero-order chi connectivity index (χ0) is 70.7. The number of rotatable bonds is 37. The van der Waals surface area contributed by atoms with Gasteiger partial charge in [-0.25, -0.2) is 4.79 Å². The van der Waals surface area contributed by atoms with Crippen LogP contribution in [0.2, 0.25) is 0 Å². The van der Waals surface area contributed by atoms with Gasteiger partial charge in [0.15, 0.2) is 0 Å². The Hall–Kier alpha value is -8.62. The average Bonchev–Trinajstić information content (AvgIpc) is 0.784. The van der Waals surface area contributed by atoms with Crippen LogP contribution in [-0.2, 0) is 73.6 Å². The monoisotopic (exact) mass is 1340 g/mol. The zero-order valence-electron chi connectivity index (χ0n) is 56.7. The van der Waals surface area contributed by atoms with Crippen molar-refractivity contribution in [2.45, 2.75) is 190 Å². The second-order valence-electron chi connectivity index (χ2n) is 26.8. The molecule has 0 aliphatic carbocycles. The second kappa shape index (κ2) is 38.4. The minimum atomic E-state index is -1.85. The lowest BCUT2D eigenvalue weighted by atomic mass is 9.83. The summed E-state index contributed by atoms with van der Waals surface area (Å²) in [5.74, 6) is -6.87. The summed E-state index contributed by atoms with van der Waals surface area (Å²) in [5, 5.41) is 30.7. The van der Waals surface area contributed by atoms with E-state index >= 15 is 0 Å². The fraction of sp³-hybridized carbons (Fsp3) is 0.528. The van der Waals surface area contributed by atoms with E-state index in [4.69, 9.17) is 28.7 Å². The number of hydrogen-bond acceptors (Lipinski definition) is 15. The molecule has 2 fully saturated rings. The number of nitrogens with one attached hydrogen (secondary N) is 7. The number of nitrogens with two attached hydrogens (primary N) is 5. The highest BCUT2D eigenvalue weighted by atomic mass is 16.4. The van der Waals surface area contributed by atoms with Crippen LogP contribution in [0.1, 0.15) is 127 Å². The quantitative estimate of drug-likeness (QED) is 0.0286. The van der Waals surface area contributed by atoms with E-state index in [1.807, 2.05) is 149 Å². The first kappa shape index (κ1) is 77.4. The van der Waals surface area contributed by atoms with E-state index in [0.29, 0.717) is 38.8 Å². The van der Waals surface area contributed by atoms with Gasteiger partial charge in [0.25, 0.3) is 0 Å². The summed E-state index contributed by atoms with van der Waals surface area (Å²) < 4.78 is 0. The smallest absolute Gasteiger partial charge is 0.329 e. The maximum Gasteiger partial charge on any atom is 0.329 e. The van der Waals surface area contributed by atoms with E-state index in [1.54, 1.807) is 0 Å². The van der Waals surface area contributed by atoms with Crippen LogP contribution in [-0.4, -0.2) is 173 Å². The summed E-state index contributed by atoms with van der Waals surface area (Å²) in [5.41, 5.74) is 31.0. The van der Waals surface area contributed by atoms with Crippen LogP contribution in [0, 0.1) is 11.8 Å². The molecule has 25 nitrogen and oxygen atoms in total. The van der Waals surface area contributed by atoms with Gasteiger partial charge < -0.3 is 80.8 Å². The molecule has 4 aromatic rings. The third-order valence-corrected chi connectivity index (χ3v) is 18.0. The molecule has 9 amide bonds. The first-order valence-electron chi connectivity index (χ1n) is 34.2. The van der Waals surface area contributed by atoms with Gasteiger partial charge >= 0.3 is 5.97 Å². The van der Waals surface area contributed by atoms with Gasteiger partial charge in [0.05, 0.1) is 17.6 Å². The molecule has 2 aliphatic heterocycles. The average molecular weight is 1340 g/mol.